The molecule has 0 aliphatic heterocycles. The minimum absolute atomic E-state index is 0.0822. The van der Waals surface area contributed by atoms with Crippen molar-refractivity contribution >= 4 is 17.3 Å². The highest BCUT2D eigenvalue weighted by Gasteiger charge is 2.12. The van der Waals surface area contributed by atoms with Gasteiger partial charge in [0.15, 0.2) is 6.61 Å². The summed E-state index contributed by atoms with van der Waals surface area (Å²) in [7, 11) is 1.54. The van der Waals surface area contributed by atoms with Crippen molar-refractivity contribution in [3.63, 3.8) is 0 Å². The third-order valence-corrected chi connectivity index (χ3v) is 3.65. The van der Waals surface area contributed by atoms with Crippen LogP contribution in [0.2, 0.25) is 0 Å². The van der Waals surface area contributed by atoms with Crippen LogP contribution in [-0.4, -0.2) is 19.6 Å². The molecule has 3 N–H and O–H groups in total. The van der Waals surface area contributed by atoms with Crippen LogP contribution in [-0.2, 0) is 4.79 Å². The molecule has 0 spiro atoms. The molecular weight excluding hydrogens is 304 g/mol. The first-order valence-corrected chi connectivity index (χ1v) is 7.87. The Kier molecular flexibility index (Phi) is 5.68. The highest BCUT2D eigenvalue weighted by molar-refractivity contribution is 5.94. The van der Waals surface area contributed by atoms with Gasteiger partial charge in [-0.15, -0.1) is 0 Å². The maximum Gasteiger partial charge on any atom is 0.262 e. The molecule has 0 radical (unpaired) electrons. The van der Waals surface area contributed by atoms with Crippen LogP contribution < -0.4 is 20.5 Å². The Labute approximate surface area is 142 Å². The molecule has 0 fully saturated rings. The second-order valence-corrected chi connectivity index (χ2v) is 5.99. The van der Waals surface area contributed by atoms with Crippen LogP contribution in [0.25, 0.3) is 0 Å². The fraction of sp³-hybridized carbons (Fsp3) is 0.316. The van der Waals surface area contributed by atoms with Crippen molar-refractivity contribution < 1.29 is 14.3 Å². The van der Waals surface area contributed by atoms with Gasteiger partial charge in [0.2, 0.25) is 0 Å². The molecule has 24 heavy (non-hydrogen) atoms. The molecular formula is C19H24N2O3. The number of hydrogen-bond acceptors (Lipinski definition) is 4. The van der Waals surface area contributed by atoms with E-state index in [2.05, 4.69) is 19.2 Å². The van der Waals surface area contributed by atoms with Crippen molar-refractivity contribution in [2.75, 3.05) is 24.8 Å². The van der Waals surface area contributed by atoms with Gasteiger partial charge in [-0.25, -0.2) is 0 Å². The summed E-state index contributed by atoms with van der Waals surface area (Å²) < 4.78 is 11.0. The van der Waals surface area contributed by atoms with Gasteiger partial charge in [-0.05, 0) is 48.2 Å². The number of nitrogens with one attached hydrogen (secondary N) is 1. The normalized spacial score (nSPS) is 10.5. The van der Waals surface area contributed by atoms with E-state index in [1.807, 2.05) is 25.1 Å². The van der Waals surface area contributed by atoms with Gasteiger partial charge in [-0.2, -0.15) is 0 Å². The van der Waals surface area contributed by atoms with E-state index in [9.17, 15) is 4.79 Å². The molecule has 2 rings (SSSR count). The highest BCUT2D eigenvalue weighted by Crippen LogP contribution is 2.28. The maximum absolute atomic E-state index is 12.2. The predicted octanol–water partition coefficient (Wildman–Crippen LogP) is 3.73. The zero-order valence-corrected chi connectivity index (χ0v) is 14.6. The summed E-state index contributed by atoms with van der Waals surface area (Å²) in [6.07, 6.45) is 0. The Morgan fingerprint density at radius 1 is 1.17 bits per heavy atom. The number of amides is 1. The molecule has 1 amide bonds. The monoisotopic (exact) mass is 328 g/mol. The van der Waals surface area contributed by atoms with E-state index < -0.39 is 0 Å². The fourth-order valence-corrected chi connectivity index (χ4v) is 2.40. The van der Waals surface area contributed by atoms with Crippen LogP contribution in [0.1, 0.15) is 30.9 Å². The van der Waals surface area contributed by atoms with Crippen LogP contribution in [0.4, 0.5) is 11.4 Å². The number of aryl methyl sites for hydroxylation is 1. The van der Waals surface area contributed by atoms with Gasteiger partial charge in [0.05, 0.1) is 12.8 Å². The number of anilines is 2. The van der Waals surface area contributed by atoms with E-state index in [0.29, 0.717) is 23.0 Å². The molecule has 5 nitrogen and oxygen atoms in total. The number of hydrogen-bond donors (Lipinski definition) is 2. The third-order valence-electron chi connectivity index (χ3n) is 3.65. The van der Waals surface area contributed by atoms with Crippen molar-refractivity contribution in [1.82, 2.24) is 0 Å². The largest absolute Gasteiger partial charge is 0.495 e. The summed E-state index contributed by atoms with van der Waals surface area (Å²) in [5, 5.41) is 2.77. The van der Waals surface area contributed by atoms with Gasteiger partial charge in [0.1, 0.15) is 11.5 Å². The molecule has 0 aliphatic carbocycles. The van der Waals surface area contributed by atoms with E-state index in [4.69, 9.17) is 15.2 Å². The molecule has 5 heteroatoms. The fourth-order valence-electron chi connectivity index (χ4n) is 2.40. The van der Waals surface area contributed by atoms with E-state index in [1.165, 1.54) is 0 Å². The average molecular weight is 328 g/mol. The lowest BCUT2D eigenvalue weighted by molar-refractivity contribution is -0.118. The minimum atomic E-state index is -0.268. The average Bonchev–Trinajstić information content (AvgIpc) is 2.53. The lowest BCUT2D eigenvalue weighted by Crippen LogP contribution is -2.21. The number of nitrogen functional groups attached to an aromatic ring is 1. The maximum atomic E-state index is 12.2. The summed E-state index contributed by atoms with van der Waals surface area (Å²) >= 11 is 0. The highest BCUT2D eigenvalue weighted by atomic mass is 16.5. The van der Waals surface area contributed by atoms with Crippen LogP contribution >= 0.6 is 0 Å². The summed E-state index contributed by atoms with van der Waals surface area (Å²) in [5.41, 5.74) is 9.00. The molecule has 0 aromatic heterocycles. The number of methoxy groups -OCH3 is 1. The van der Waals surface area contributed by atoms with Crippen molar-refractivity contribution in [3.8, 4) is 11.5 Å². The van der Waals surface area contributed by atoms with Crippen molar-refractivity contribution in [2.24, 2.45) is 0 Å². The van der Waals surface area contributed by atoms with Gasteiger partial charge >= 0.3 is 0 Å². The number of carbonyl (C=O) groups excluding carboxylic acids is 1. The quantitative estimate of drug-likeness (QED) is 0.793. The second-order valence-electron chi connectivity index (χ2n) is 5.99. The summed E-state index contributed by atoms with van der Waals surface area (Å²) in [5.74, 6) is 1.34. The Morgan fingerprint density at radius 3 is 2.58 bits per heavy atom. The Bertz CT molecular complexity index is 727. The minimum Gasteiger partial charge on any atom is -0.495 e. The zero-order chi connectivity index (χ0) is 17.7. The second kappa shape index (κ2) is 7.73. The van der Waals surface area contributed by atoms with Gasteiger partial charge in [0, 0.05) is 5.69 Å². The molecule has 0 bridgehead atoms. The molecule has 0 saturated heterocycles. The number of rotatable bonds is 6. The molecule has 0 saturated carbocycles. The van der Waals surface area contributed by atoms with E-state index in [-0.39, 0.29) is 12.5 Å². The van der Waals surface area contributed by atoms with Gasteiger partial charge in [0.25, 0.3) is 5.91 Å². The summed E-state index contributed by atoms with van der Waals surface area (Å²) in [6, 6.07) is 11.1. The van der Waals surface area contributed by atoms with Crippen molar-refractivity contribution in [2.45, 2.75) is 26.7 Å². The molecule has 0 unspecified atom stereocenters. The first kappa shape index (κ1) is 17.7. The first-order chi connectivity index (χ1) is 11.4. The van der Waals surface area contributed by atoms with Crippen LogP contribution in [0.5, 0.6) is 11.5 Å². The standard InChI is InChI=1S/C19H24N2O3/c1-12(2)15-7-5-13(3)9-18(15)24-11-19(22)21-16-10-14(20)6-8-17(16)23-4/h5-10,12H,11,20H2,1-4H3,(H,21,22). The number of benzene rings is 2. The molecule has 128 valence electrons. The SMILES string of the molecule is COc1ccc(N)cc1NC(=O)COc1cc(C)ccc1C(C)C. The molecule has 0 atom stereocenters. The lowest BCUT2D eigenvalue weighted by atomic mass is 10.0. The van der Waals surface area contributed by atoms with E-state index >= 15 is 0 Å². The van der Waals surface area contributed by atoms with Gasteiger partial charge in [-0.1, -0.05) is 26.0 Å². The topological polar surface area (TPSA) is 73.6 Å². The van der Waals surface area contributed by atoms with Crippen LogP contribution in [0.3, 0.4) is 0 Å². The summed E-state index contributed by atoms with van der Waals surface area (Å²) in [6.45, 7) is 6.10. The molecule has 2 aromatic rings. The Morgan fingerprint density at radius 2 is 1.92 bits per heavy atom. The summed E-state index contributed by atoms with van der Waals surface area (Å²) in [4.78, 5) is 12.2. The third kappa shape index (κ3) is 4.41. The Hall–Kier alpha value is -2.69. The van der Waals surface area contributed by atoms with Crippen molar-refractivity contribution in [1.29, 1.82) is 0 Å². The van der Waals surface area contributed by atoms with E-state index in [0.717, 1.165) is 16.9 Å². The van der Waals surface area contributed by atoms with Gasteiger partial charge < -0.3 is 20.5 Å². The van der Waals surface area contributed by atoms with Crippen LogP contribution in [0, 0.1) is 6.92 Å². The van der Waals surface area contributed by atoms with Crippen LogP contribution in [0.15, 0.2) is 36.4 Å². The number of ether oxygens (including phenoxy) is 2. The zero-order valence-electron chi connectivity index (χ0n) is 14.6. The Balaban J connectivity index is 2.07. The van der Waals surface area contributed by atoms with E-state index in [1.54, 1.807) is 25.3 Å². The lowest BCUT2D eigenvalue weighted by Gasteiger charge is -2.15. The molecule has 0 aliphatic rings. The first-order valence-electron chi connectivity index (χ1n) is 7.87. The molecule has 0 heterocycles. The van der Waals surface area contributed by atoms with Gasteiger partial charge in [-0.3, -0.25) is 4.79 Å². The number of nitrogens with two attached hydrogens (primary N) is 1. The number of carbonyl (C=O) groups is 1. The smallest absolute Gasteiger partial charge is 0.262 e. The molecule has 2 aromatic carbocycles. The van der Waals surface area contributed by atoms with Crippen molar-refractivity contribution in [3.05, 3.63) is 47.5 Å². The predicted molar refractivity (Wildman–Crippen MR) is 96.8 cm³/mol.